The van der Waals surface area contributed by atoms with E-state index in [1.165, 1.54) is 5.56 Å². The molecular formula is C15H18N2. The number of benzene rings is 1. The summed E-state index contributed by atoms with van der Waals surface area (Å²) in [6.07, 6.45) is 5.05. The first-order valence-electron chi connectivity index (χ1n) is 6.24. The summed E-state index contributed by atoms with van der Waals surface area (Å²) in [4.78, 5) is 8.91. The zero-order chi connectivity index (χ0) is 12.1. The monoisotopic (exact) mass is 226 g/mol. The van der Waals surface area contributed by atoms with E-state index in [4.69, 9.17) is 0 Å². The van der Waals surface area contributed by atoms with Crippen LogP contribution in [0.1, 0.15) is 31.5 Å². The normalized spacial score (nSPS) is 10.5. The molecule has 0 saturated carbocycles. The van der Waals surface area contributed by atoms with Gasteiger partial charge in [0.2, 0.25) is 0 Å². The topological polar surface area (TPSA) is 25.8 Å². The third-order valence-corrected chi connectivity index (χ3v) is 2.84. The van der Waals surface area contributed by atoms with Crippen molar-refractivity contribution in [3.05, 3.63) is 47.8 Å². The van der Waals surface area contributed by atoms with Crippen LogP contribution in [-0.4, -0.2) is 9.97 Å². The van der Waals surface area contributed by atoms with Gasteiger partial charge in [0.05, 0.1) is 0 Å². The molecule has 17 heavy (non-hydrogen) atoms. The van der Waals surface area contributed by atoms with Crippen molar-refractivity contribution in [3.8, 4) is 11.4 Å². The minimum absolute atomic E-state index is 0.832. The maximum absolute atomic E-state index is 4.58. The highest BCUT2D eigenvalue weighted by Crippen LogP contribution is 2.16. The molecule has 2 heteroatoms. The molecule has 0 bridgehead atoms. The van der Waals surface area contributed by atoms with Crippen molar-refractivity contribution in [1.29, 1.82) is 0 Å². The van der Waals surface area contributed by atoms with Crippen LogP contribution < -0.4 is 0 Å². The fourth-order valence-electron chi connectivity index (χ4n) is 1.82. The fourth-order valence-corrected chi connectivity index (χ4v) is 1.82. The SMILES string of the molecule is CCCc1ccnc(-c2ccc(CC)cc2)n1. The van der Waals surface area contributed by atoms with Crippen LogP contribution in [0.2, 0.25) is 0 Å². The summed E-state index contributed by atoms with van der Waals surface area (Å²) >= 11 is 0. The van der Waals surface area contributed by atoms with Gasteiger partial charge in [-0.05, 0) is 24.5 Å². The molecule has 2 aromatic rings. The highest BCUT2D eigenvalue weighted by Gasteiger charge is 2.02. The molecule has 0 unspecified atom stereocenters. The molecule has 0 atom stereocenters. The van der Waals surface area contributed by atoms with E-state index in [1.807, 2.05) is 12.3 Å². The highest BCUT2D eigenvalue weighted by molar-refractivity contribution is 5.55. The first-order chi connectivity index (χ1) is 8.33. The van der Waals surface area contributed by atoms with Crippen molar-refractivity contribution in [1.82, 2.24) is 9.97 Å². The van der Waals surface area contributed by atoms with Gasteiger partial charge in [-0.15, -0.1) is 0 Å². The molecule has 0 saturated heterocycles. The Morgan fingerprint density at radius 3 is 2.41 bits per heavy atom. The van der Waals surface area contributed by atoms with Crippen molar-refractivity contribution in [2.24, 2.45) is 0 Å². The van der Waals surface area contributed by atoms with Crippen LogP contribution in [0.3, 0.4) is 0 Å². The first kappa shape index (κ1) is 11.8. The van der Waals surface area contributed by atoms with Crippen molar-refractivity contribution in [2.75, 3.05) is 0 Å². The second-order valence-electron chi connectivity index (χ2n) is 4.17. The number of hydrogen-bond acceptors (Lipinski definition) is 2. The first-order valence-corrected chi connectivity index (χ1v) is 6.24. The van der Waals surface area contributed by atoms with Crippen LogP contribution in [0.25, 0.3) is 11.4 Å². The number of aromatic nitrogens is 2. The maximum atomic E-state index is 4.58. The Kier molecular flexibility index (Phi) is 3.86. The van der Waals surface area contributed by atoms with Gasteiger partial charge < -0.3 is 0 Å². The van der Waals surface area contributed by atoms with Gasteiger partial charge in [-0.3, -0.25) is 0 Å². The molecule has 1 aromatic heterocycles. The lowest BCUT2D eigenvalue weighted by atomic mass is 10.1. The average Bonchev–Trinajstić information content (AvgIpc) is 2.40. The molecule has 0 aliphatic heterocycles. The largest absolute Gasteiger partial charge is 0.237 e. The van der Waals surface area contributed by atoms with E-state index >= 15 is 0 Å². The average molecular weight is 226 g/mol. The predicted octanol–water partition coefficient (Wildman–Crippen LogP) is 3.66. The summed E-state index contributed by atoms with van der Waals surface area (Å²) in [5, 5.41) is 0. The Morgan fingerprint density at radius 2 is 1.76 bits per heavy atom. The number of hydrogen-bond donors (Lipinski definition) is 0. The van der Waals surface area contributed by atoms with Crippen LogP contribution in [0.5, 0.6) is 0 Å². The Morgan fingerprint density at radius 1 is 1.00 bits per heavy atom. The van der Waals surface area contributed by atoms with Gasteiger partial charge in [-0.2, -0.15) is 0 Å². The van der Waals surface area contributed by atoms with E-state index in [-0.39, 0.29) is 0 Å². The number of nitrogens with zero attached hydrogens (tertiary/aromatic N) is 2. The van der Waals surface area contributed by atoms with Gasteiger partial charge >= 0.3 is 0 Å². The van der Waals surface area contributed by atoms with Crippen LogP contribution in [0.15, 0.2) is 36.5 Å². The summed E-state index contributed by atoms with van der Waals surface area (Å²) in [5.41, 5.74) is 3.57. The molecule has 2 nitrogen and oxygen atoms in total. The van der Waals surface area contributed by atoms with Gasteiger partial charge in [0, 0.05) is 17.5 Å². The molecule has 0 spiro atoms. The minimum atomic E-state index is 0.832. The zero-order valence-corrected chi connectivity index (χ0v) is 10.5. The molecule has 2 rings (SSSR count). The maximum Gasteiger partial charge on any atom is 0.159 e. The van der Waals surface area contributed by atoms with E-state index in [0.717, 1.165) is 36.3 Å². The van der Waals surface area contributed by atoms with E-state index in [2.05, 4.69) is 48.1 Å². The second kappa shape index (κ2) is 5.58. The van der Waals surface area contributed by atoms with E-state index in [1.54, 1.807) is 0 Å². The van der Waals surface area contributed by atoms with Crippen molar-refractivity contribution >= 4 is 0 Å². The highest BCUT2D eigenvalue weighted by atomic mass is 14.9. The van der Waals surface area contributed by atoms with E-state index in [9.17, 15) is 0 Å². The lowest BCUT2D eigenvalue weighted by molar-refractivity contribution is 0.875. The number of rotatable bonds is 4. The molecule has 88 valence electrons. The lowest BCUT2D eigenvalue weighted by Gasteiger charge is -2.03. The zero-order valence-electron chi connectivity index (χ0n) is 10.5. The summed E-state index contributed by atoms with van der Waals surface area (Å²) < 4.78 is 0. The van der Waals surface area contributed by atoms with Crippen molar-refractivity contribution in [3.63, 3.8) is 0 Å². The molecule has 0 radical (unpaired) electrons. The van der Waals surface area contributed by atoms with Crippen LogP contribution >= 0.6 is 0 Å². The molecule has 0 aliphatic rings. The van der Waals surface area contributed by atoms with Gasteiger partial charge in [-0.25, -0.2) is 9.97 Å². The fraction of sp³-hybridized carbons (Fsp3) is 0.333. The van der Waals surface area contributed by atoms with Gasteiger partial charge in [0.15, 0.2) is 5.82 Å². The third-order valence-electron chi connectivity index (χ3n) is 2.84. The van der Waals surface area contributed by atoms with Crippen LogP contribution in [0.4, 0.5) is 0 Å². The summed E-state index contributed by atoms with van der Waals surface area (Å²) in [5.74, 6) is 0.832. The van der Waals surface area contributed by atoms with Crippen molar-refractivity contribution < 1.29 is 0 Å². The standard InChI is InChI=1S/C15H18N2/c1-3-5-14-10-11-16-15(17-14)13-8-6-12(4-2)7-9-13/h6-11H,3-5H2,1-2H3. The summed E-state index contributed by atoms with van der Waals surface area (Å²) in [6.45, 7) is 4.32. The minimum Gasteiger partial charge on any atom is -0.237 e. The number of aryl methyl sites for hydroxylation is 2. The molecule has 1 aromatic carbocycles. The Bertz CT molecular complexity index is 475. The predicted molar refractivity (Wildman–Crippen MR) is 70.8 cm³/mol. The molecular weight excluding hydrogens is 208 g/mol. The van der Waals surface area contributed by atoms with Gasteiger partial charge in [0.1, 0.15) is 0 Å². The Balaban J connectivity index is 2.28. The molecule has 0 amide bonds. The van der Waals surface area contributed by atoms with Crippen LogP contribution in [-0.2, 0) is 12.8 Å². The molecule has 0 fully saturated rings. The molecule has 0 N–H and O–H groups in total. The smallest absolute Gasteiger partial charge is 0.159 e. The second-order valence-corrected chi connectivity index (χ2v) is 4.17. The van der Waals surface area contributed by atoms with Gasteiger partial charge in [-0.1, -0.05) is 44.5 Å². The third kappa shape index (κ3) is 2.90. The van der Waals surface area contributed by atoms with Gasteiger partial charge in [0.25, 0.3) is 0 Å². The van der Waals surface area contributed by atoms with Crippen LogP contribution in [0, 0.1) is 0 Å². The summed E-state index contributed by atoms with van der Waals surface area (Å²) in [7, 11) is 0. The molecule has 1 heterocycles. The summed E-state index contributed by atoms with van der Waals surface area (Å²) in [6, 6.07) is 10.5. The quantitative estimate of drug-likeness (QED) is 0.795. The Labute approximate surface area is 103 Å². The van der Waals surface area contributed by atoms with Crippen molar-refractivity contribution in [2.45, 2.75) is 33.1 Å². The van der Waals surface area contributed by atoms with E-state index < -0.39 is 0 Å². The lowest BCUT2D eigenvalue weighted by Crippen LogP contribution is -1.94. The Hall–Kier alpha value is -1.70. The molecule has 0 aliphatic carbocycles. The van der Waals surface area contributed by atoms with E-state index in [0.29, 0.717) is 0 Å².